The zero-order valence-corrected chi connectivity index (χ0v) is 20.1. The van der Waals surface area contributed by atoms with Gasteiger partial charge in [0.15, 0.2) is 0 Å². The molecule has 1 aliphatic rings. The van der Waals surface area contributed by atoms with Crippen molar-refractivity contribution >= 4 is 26.6 Å². The lowest BCUT2D eigenvalue weighted by molar-refractivity contribution is 0.204. The van der Waals surface area contributed by atoms with Crippen LogP contribution in [0.3, 0.4) is 0 Å². The summed E-state index contributed by atoms with van der Waals surface area (Å²) in [5.74, 6) is 0.392. The van der Waals surface area contributed by atoms with Crippen molar-refractivity contribution in [2.24, 2.45) is 0 Å². The van der Waals surface area contributed by atoms with Crippen molar-refractivity contribution in [1.29, 1.82) is 0 Å². The van der Waals surface area contributed by atoms with E-state index in [1.54, 1.807) is 6.33 Å². The van der Waals surface area contributed by atoms with Crippen LogP contribution in [0.5, 0.6) is 0 Å². The Labute approximate surface area is 199 Å². The Balaban J connectivity index is 1.28. The molecule has 8 nitrogen and oxygen atoms in total. The smallest absolute Gasteiger partial charge is 0.229 e. The molecule has 3 heterocycles. The fourth-order valence-electron chi connectivity index (χ4n) is 4.73. The number of rotatable bonds is 6. The number of aryl methyl sites for hydroxylation is 1. The monoisotopic (exact) mass is 476 g/mol. The third kappa shape index (κ3) is 4.95. The molecule has 0 spiro atoms. The summed E-state index contributed by atoms with van der Waals surface area (Å²) >= 11 is 0. The van der Waals surface area contributed by atoms with E-state index in [0.717, 1.165) is 72.1 Å². The van der Waals surface area contributed by atoms with Crippen LogP contribution in [-0.4, -0.2) is 52.8 Å². The van der Waals surface area contributed by atoms with E-state index in [1.165, 1.54) is 5.56 Å². The number of hydrogen-bond acceptors (Lipinski definition) is 6. The normalized spacial score (nSPS) is 15.6. The zero-order chi connectivity index (χ0) is 23.7. The van der Waals surface area contributed by atoms with Gasteiger partial charge >= 0.3 is 0 Å². The topological polar surface area (TPSA) is 104 Å². The zero-order valence-electron chi connectivity index (χ0n) is 19.3. The van der Waals surface area contributed by atoms with Crippen LogP contribution in [0.25, 0.3) is 22.0 Å². The van der Waals surface area contributed by atoms with Crippen LogP contribution in [-0.2, 0) is 16.6 Å². The lowest BCUT2D eigenvalue weighted by Crippen LogP contribution is -2.32. The molecule has 0 amide bonds. The predicted molar refractivity (Wildman–Crippen MR) is 134 cm³/mol. The van der Waals surface area contributed by atoms with Crippen molar-refractivity contribution in [2.45, 2.75) is 32.2 Å². The first kappa shape index (κ1) is 22.5. The quantitative estimate of drug-likeness (QED) is 0.435. The molecule has 0 unspecified atom stereocenters. The molecule has 1 fully saturated rings. The summed E-state index contributed by atoms with van der Waals surface area (Å²) in [5, 5.41) is 8.29. The summed E-state index contributed by atoms with van der Waals surface area (Å²) in [5.41, 5.74) is 7.14. The van der Waals surface area contributed by atoms with Crippen LogP contribution >= 0.6 is 0 Å². The molecule has 0 bridgehead atoms. The summed E-state index contributed by atoms with van der Waals surface area (Å²) in [6.45, 7) is 4.85. The molecule has 34 heavy (non-hydrogen) atoms. The Hall–Kier alpha value is -3.30. The average molecular weight is 477 g/mol. The Kier molecular flexibility index (Phi) is 6.05. The average Bonchev–Trinajstić information content (AvgIpc) is 3.25. The minimum atomic E-state index is -3.26. The van der Waals surface area contributed by atoms with Crippen LogP contribution in [0.1, 0.15) is 35.7 Å². The summed E-state index contributed by atoms with van der Waals surface area (Å²) in [7, 11) is -3.26. The third-order valence-corrected chi connectivity index (χ3v) is 7.05. The van der Waals surface area contributed by atoms with Crippen LogP contribution < -0.4 is 4.72 Å². The largest absolute Gasteiger partial charge is 0.299 e. The van der Waals surface area contributed by atoms with Crippen LogP contribution in [0.15, 0.2) is 55.0 Å². The second-order valence-electron chi connectivity index (χ2n) is 9.02. The highest BCUT2D eigenvalue weighted by Crippen LogP contribution is 2.34. The number of H-pyrrole nitrogens is 1. The molecular formula is C25H28N6O2S. The van der Waals surface area contributed by atoms with Crippen molar-refractivity contribution in [3.63, 3.8) is 0 Å². The predicted octanol–water partition coefficient (Wildman–Crippen LogP) is 4.08. The van der Waals surface area contributed by atoms with Gasteiger partial charge in [-0.3, -0.25) is 14.7 Å². The van der Waals surface area contributed by atoms with E-state index in [9.17, 15) is 8.42 Å². The number of anilines is 1. The van der Waals surface area contributed by atoms with Crippen LogP contribution in [0, 0.1) is 6.92 Å². The number of fused-ring (bicyclic) bond motifs is 1. The lowest BCUT2D eigenvalue weighted by atomic mass is 9.90. The molecule has 2 N–H and O–H groups in total. The highest BCUT2D eigenvalue weighted by molar-refractivity contribution is 7.92. The molecule has 0 radical (unpaired) electrons. The Bertz CT molecular complexity index is 1410. The van der Waals surface area contributed by atoms with Gasteiger partial charge in [0, 0.05) is 34.8 Å². The minimum Gasteiger partial charge on any atom is -0.299 e. The lowest BCUT2D eigenvalue weighted by Gasteiger charge is -2.32. The molecule has 5 rings (SSSR count). The number of sulfonamides is 1. The molecule has 4 aromatic rings. The summed E-state index contributed by atoms with van der Waals surface area (Å²) < 4.78 is 25.3. The molecule has 9 heteroatoms. The molecule has 2 aromatic carbocycles. The maximum atomic E-state index is 11.4. The Morgan fingerprint density at radius 2 is 1.85 bits per heavy atom. The highest BCUT2D eigenvalue weighted by atomic mass is 32.2. The highest BCUT2D eigenvalue weighted by Gasteiger charge is 2.24. The van der Waals surface area contributed by atoms with Gasteiger partial charge in [-0.15, -0.1) is 0 Å². The maximum Gasteiger partial charge on any atom is 0.229 e. The second-order valence-corrected chi connectivity index (χ2v) is 10.8. The fraction of sp³-hybridized carbons (Fsp3) is 0.320. The van der Waals surface area contributed by atoms with Gasteiger partial charge in [0.05, 0.1) is 23.7 Å². The Morgan fingerprint density at radius 3 is 2.53 bits per heavy atom. The van der Waals surface area contributed by atoms with Gasteiger partial charge < -0.3 is 0 Å². The van der Waals surface area contributed by atoms with E-state index in [0.29, 0.717) is 11.6 Å². The number of likely N-dealkylation sites (tertiary alicyclic amines) is 1. The number of aromatic amines is 1. The van der Waals surface area contributed by atoms with Gasteiger partial charge in [0.2, 0.25) is 10.0 Å². The number of aromatic nitrogens is 4. The minimum absolute atomic E-state index is 0.392. The van der Waals surface area contributed by atoms with E-state index >= 15 is 0 Å². The SMILES string of the molecule is Cc1[nH]ncc1-c1ccc2ncnc(C3CCN(Cc4ccc(NS(C)(=O)=O)cc4)CC3)c2c1. The van der Waals surface area contributed by atoms with Crippen molar-refractivity contribution < 1.29 is 8.42 Å². The number of piperidine rings is 1. The van der Waals surface area contributed by atoms with Crippen LogP contribution in [0.4, 0.5) is 5.69 Å². The van der Waals surface area contributed by atoms with Gasteiger partial charge in [0.25, 0.3) is 0 Å². The number of nitrogens with zero attached hydrogens (tertiary/aromatic N) is 4. The van der Waals surface area contributed by atoms with Gasteiger partial charge in [-0.1, -0.05) is 18.2 Å². The molecule has 2 aromatic heterocycles. The number of benzene rings is 2. The van der Waals surface area contributed by atoms with Crippen molar-refractivity contribution in [3.8, 4) is 11.1 Å². The van der Waals surface area contributed by atoms with Gasteiger partial charge in [-0.05, 0) is 68.2 Å². The van der Waals surface area contributed by atoms with E-state index in [4.69, 9.17) is 4.98 Å². The summed E-state index contributed by atoms with van der Waals surface area (Å²) in [6.07, 6.45) is 6.77. The summed E-state index contributed by atoms with van der Waals surface area (Å²) in [4.78, 5) is 11.7. The van der Waals surface area contributed by atoms with Gasteiger partial charge in [0.1, 0.15) is 6.33 Å². The Morgan fingerprint density at radius 1 is 1.09 bits per heavy atom. The van der Waals surface area contributed by atoms with Crippen molar-refractivity contribution in [2.75, 3.05) is 24.1 Å². The molecule has 0 aliphatic carbocycles. The fourth-order valence-corrected chi connectivity index (χ4v) is 5.29. The molecule has 0 atom stereocenters. The first-order valence-corrected chi connectivity index (χ1v) is 13.3. The third-order valence-electron chi connectivity index (χ3n) is 6.44. The van der Waals surface area contributed by atoms with E-state index in [1.807, 2.05) is 37.4 Å². The molecular weight excluding hydrogens is 448 g/mol. The maximum absolute atomic E-state index is 11.4. The second kappa shape index (κ2) is 9.15. The molecule has 1 saturated heterocycles. The van der Waals surface area contributed by atoms with E-state index < -0.39 is 10.0 Å². The van der Waals surface area contributed by atoms with Crippen molar-refractivity contribution in [1.82, 2.24) is 25.1 Å². The first-order chi connectivity index (χ1) is 16.4. The van der Waals surface area contributed by atoms with Gasteiger partial charge in [-0.2, -0.15) is 5.10 Å². The van der Waals surface area contributed by atoms with E-state index in [2.05, 4.69) is 43.0 Å². The van der Waals surface area contributed by atoms with Crippen molar-refractivity contribution in [3.05, 3.63) is 71.9 Å². The standard InChI is InChI=1S/C25H28N6O2S/c1-17-23(14-28-29-17)20-5-8-24-22(13-20)25(27-16-26-24)19-9-11-31(12-10-19)15-18-3-6-21(7-4-18)30-34(2,32)33/h3-8,13-14,16,19,30H,9-12,15H2,1-2H3,(H,28,29). The molecule has 0 saturated carbocycles. The summed E-state index contributed by atoms with van der Waals surface area (Å²) in [6, 6.07) is 14.0. The van der Waals surface area contributed by atoms with Crippen LogP contribution in [0.2, 0.25) is 0 Å². The number of hydrogen-bond donors (Lipinski definition) is 2. The first-order valence-electron chi connectivity index (χ1n) is 11.4. The molecule has 1 aliphatic heterocycles. The number of nitrogens with one attached hydrogen (secondary N) is 2. The molecule has 176 valence electrons. The van der Waals surface area contributed by atoms with E-state index in [-0.39, 0.29) is 0 Å². The van der Waals surface area contributed by atoms with Gasteiger partial charge in [-0.25, -0.2) is 18.4 Å².